The molecule has 0 unspecified atom stereocenters. The van der Waals surface area contributed by atoms with E-state index < -0.39 is 17.4 Å². The number of hydrogen-bond acceptors (Lipinski definition) is 4. The second-order valence-electron chi connectivity index (χ2n) is 4.17. The van der Waals surface area contributed by atoms with Crippen LogP contribution in [-0.2, 0) is 4.79 Å². The predicted octanol–water partition coefficient (Wildman–Crippen LogP) is 1.98. The van der Waals surface area contributed by atoms with Crippen molar-refractivity contribution >= 4 is 23.7 Å². The number of carboxylic acid groups (broad SMARTS) is 2. The van der Waals surface area contributed by atoms with Gasteiger partial charge in [-0.15, -0.1) is 11.8 Å². The van der Waals surface area contributed by atoms with E-state index in [-0.39, 0.29) is 5.56 Å². The van der Waals surface area contributed by atoms with Gasteiger partial charge in [-0.25, -0.2) is 9.78 Å². The lowest BCUT2D eigenvalue weighted by Crippen LogP contribution is -2.26. The molecular formula is C11H13NO4S. The van der Waals surface area contributed by atoms with Crippen molar-refractivity contribution in [3.8, 4) is 0 Å². The monoisotopic (exact) mass is 255 g/mol. The fourth-order valence-electron chi connectivity index (χ4n) is 0.937. The molecule has 0 aromatic carbocycles. The first-order chi connectivity index (χ1) is 7.83. The molecule has 0 radical (unpaired) electrons. The molecule has 0 aliphatic carbocycles. The van der Waals surface area contributed by atoms with Crippen LogP contribution in [0.2, 0.25) is 0 Å². The lowest BCUT2D eigenvalue weighted by atomic mass is 9.97. The molecule has 5 nitrogen and oxygen atoms in total. The number of aliphatic carboxylic acids is 1. The quantitative estimate of drug-likeness (QED) is 0.782. The van der Waals surface area contributed by atoms with Gasteiger partial charge in [0.15, 0.2) is 0 Å². The van der Waals surface area contributed by atoms with Crippen LogP contribution in [0.3, 0.4) is 0 Å². The molecule has 1 heterocycles. The summed E-state index contributed by atoms with van der Waals surface area (Å²) in [4.78, 5) is 25.6. The highest BCUT2D eigenvalue weighted by atomic mass is 32.2. The summed E-state index contributed by atoms with van der Waals surface area (Å²) in [6.45, 7) is 3.23. The number of thioether (sulfide) groups is 1. The van der Waals surface area contributed by atoms with E-state index in [1.165, 1.54) is 30.1 Å². The highest BCUT2D eigenvalue weighted by Gasteiger charge is 2.27. The highest BCUT2D eigenvalue weighted by molar-refractivity contribution is 7.99. The third-order valence-electron chi connectivity index (χ3n) is 2.14. The van der Waals surface area contributed by atoms with Gasteiger partial charge in [0, 0.05) is 11.9 Å². The molecule has 0 spiro atoms. The van der Waals surface area contributed by atoms with Crippen LogP contribution < -0.4 is 0 Å². The van der Waals surface area contributed by atoms with E-state index in [1.807, 2.05) is 0 Å². The number of carboxylic acids is 2. The van der Waals surface area contributed by atoms with E-state index in [9.17, 15) is 9.59 Å². The van der Waals surface area contributed by atoms with Crippen molar-refractivity contribution < 1.29 is 19.8 Å². The summed E-state index contributed by atoms with van der Waals surface area (Å²) in [6.07, 6.45) is 1.40. The maximum Gasteiger partial charge on any atom is 0.335 e. The second kappa shape index (κ2) is 5.18. The minimum Gasteiger partial charge on any atom is -0.481 e. The Morgan fingerprint density at radius 1 is 1.41 bits per heavy atom. The van der Waals surface area contributed by atoms with Crippen LogP contribution in [0.15, 0.2) is 23.4 Å². The fraction of sp³-hybridized carbons (Fsp3) is 0.364. The molecule has 2 N–H and O–H groups in total. The summed E-state index contributed by atoms with van der Waals surface area (Å²) < 4.78 is 0. The number of rotatable bonds is 5. The summed E-state index contributed by atoms with van der Waals surface area (Å²) in [5.41, 5.74) is -0.721. The largest absolute Gasteiger partial charge is 0.481 e. The van der Waals surface area contributed by atoms with Gasteiger partial charge < -0.3 is 10.2 Å². The standard InChI is InChI=1S/C11H13NO4S/c1-11(2,10(15)16)6-17-8-5-7(9(13)14)3-4-12-8/h3-5H,6H2,1-2H3,(H,13,14)(H,15,16). The Bertz CT molecular complexity index is 445. The number of aromatic nitrogens is 1. The van der Waals surface area contributed by atoms with E-state index in [0.29, 0.717) is 10.8 Å². The lowest BCUT2D eigenvalue weighted by Gasteiger charge is -2.17. The normalized spacial score (nSPS) is 11.2. The average molecular weight is 255 g/mol. The third-order valence-corrected chi connectivity index (χ3v) is 3.53. The van der Waals surface area contributed by atoms with Crippen LogP contribution in [0.1, 0.15) is 24.2 Å². The Morgan fingerprint density at radius 3 is 2.59 bits per heavy atom. The summed E-state index contributed by atoms with van der Waals surface area (Å²) in [5.74, 6) is -1.58. The highest BCUT2D eigenvalue weighted by Crippen LogP contribution is 2.26. The summed E-state index contributed by atoms with van der Waals surface area (Å²) in [5, 5.41) is 18.2. The Labute approximate surface area is 103 Å². The van der Waals surface area contributed by atoms with Crippen molar-refractivity contribution in [1.82, 2.24) is 4.98 Å². The topological polar surface area (TPSA) is 87.5 Å². The fourth-order valence-corrected chi connectivity index (χ4v) is 1.92. The van der Waals surface area contributed by atoms with Crippen LogP contribution in [0.4, 0.5) is 0 Å². The van der Waals surface area contributed by atoms with Crippen LogP contribution in [0, 0.1) is 5.41 Å². The van der Waals surface area contributed by atoms with E-state index in [1.54, 1.807) is 13.8 Å². The van der Waals surface area contributed by atoms with Gasteiger partial charge in [-0.1, -0.05) is 0 Å². The van der Waals surface area contributed by atoms with Gasteiger partial charge in [0.05, 0.1) is 16.0 Å². The molecule has 92 valence electrons. The lowest BCUT2D eigenvalue weighted by molar-refractivity contribution is -0.145. The molecule has 0 saturated carbocycles. The van der Waals surface area contributed by atoms with E-state index >= 15 is 0 Å². The molecule has 1 aromatic rings. The van der Waals surface area contributed by atoms with Crippen LogP contribution >= 0.6 is 11.8 Å². The molecule has 0 fully saturated rings. The van der Waals surface area contributed by atoms with Crippen molar-refractivity contribution in [1.29, 1.82) is 0 Å². The molecule has 0 aliphatic rings. The maximum absolute atomic E-state index is 10.9. The van der Waals surface area contributed by atoms with Crippen molar-refractivity contribution in [2.45, 2.75) is 18.9 Å². The van der Waals surface area contributed by atoms with Gasteiger partial charge >= 0.3 is 11.9 Å². The Morgan fingerprint density at radius 2 is 2.06 bits per heavy atom. The zero-order chi connectivity index (χ0) is 13.1. The summed E-state index contributed by atoms with van der Waals surface area (Å²) in [6, 6.07) is 2.83. The third kappa shape index (κ3) is 3.74. The number of hydrogen-bond donors (Lipinski definition) is 2. The van der Waals surface area contributed by atoms with E-state index in [2.05, 4.69) is 4.98 Å². The minimum atomic E-state index is -1.02. The zero-order valence-corrected chi connectivity index (χ0v) is 10.3. The number of nitrogens with zero attached hydrogens (tertiary/aromatic N) is 1. The van der Waals surface area contributed by atoms with Crippen molar-refractivity contribution in [2.75, 3.05) is 5.75 Å². The molecule has 0 aliphatic heterocycles. The second-order valence-corrected chi connectivity index (χ2v) is 5.16. The molecule has 0 atom stereocenters. The molecule has 1 aromatic heterocycles. The average Bonchev–Trinajstić information content (AvgIpc) is 2.26. The van der Waals surface area contributed by atoms with Gasteiger partial charge in [-0.2, -0.15) is 0 Å². The summed E-state index contributed by atoms with van der Waals surface area (Å²) in [7, 11) is 0. The first kappa shape index (κ1) is 13.5. The maximum atomic E-state index is 10.9. The zero-order valence-electron chi connectivity index (χ0n) is 9.51. The Balaban J connectivity index is 2.73. The molecule has 0 saturated heterocycles. The van der Waals surface area contributed by atoms with Gasteiger partial charge in [0.1, 0.15) is 0 Å². The molecule has 0 bridgehead atoms. The van der Waals surface area contributed by atoms with E-state index in [0.717, 1.165) is 0 Å². The van der Waals surface area contributed by atoms with Gasteiger partial charge in [-0.05, 0) is 26.0 Å². The van der Waals surface area contributed by atoms with Gasteiger partial charge in [0.2, 0.25) is 0 Å². The van der Waals surface area contributed by atoms with E-state index in [4.69, 9.17) is 10.2 Å². The van der Waals surface area contributed by atoms with Crippen molar-refractivity contribution in [2.24, 2.45) is 5.41 Å². The van der Waals surface area contributed by atoms with Crippen molar-refractivity contribution in [3.63, 3.8) is 0 Å². The Kier molecular flexibility index (Phi) is 4.11. The molecule has 0 amide bonds. The first-order valence-corrected chi connectivity index (χ1v) is 5.87. The Hall–Kier alpha value is -1.56. The molecular weight excluding hydrogens is 242 g/mol. The molecule has 1 rings (SSSR count). The summed E-state index contributed by atoms with van der Waals surface area (Å²) >= 11 is 1.23. The number of pyridine rings is 1. The van der Waals surface area contributed by atoms with Gasteiger partial charge in [0.25, 0.3) is 0 Å². The van der Waals surface area contributed by atoms with Crippen LogP contribution in [0.5, 0.6) is 0 Å². The van der Waals surface area contributed by atoms with Crippen molar-refractivity contribution in [3.05, 3.63) is 23.9 Å². The first-order valence-electron chi connectivity index (χ1n) is 4.88. The SMILES string of the molecule is CC(C)(CSc1cc(C(=O)O)ccn1)C(=O)O. The predicted molar refractivity (Wildman–Crippen MR) is 63.3 cm³/mol. The van der Waals surface area contributed by atoms with Gasteiger partial charge in [-0.3, -0.25) is 4.79 Å². The number of aromatic carboxylic acids is 1. The smallest absolute Gasteiger partial charge is 0.335 e. The molecule has 17 heavy (non-hydrogen) atoms. The van der Waals surface area contributed by atoms with Crippen LogP contribution in [-0.4, -0.2) is 32.9 Å². The van der Waals surface area contributed by atoms with Crippen LogP contribution in [0.25, 0.3) is 0 Å². The molecule has 6 heteroatoms. The minimum absolute atomic E-state index is 0.149. The number of carbonyl (C=O) groups is 2.